The number of halogens is 5. The topological polar surface area (TPSA) is 31.2 Å². The largest absolute Gasteiger partial charge is 0.337 e. The molecular formula is C19H23Cl5N4. The first-order chi connectivity index (χ1) is 13.1. The third-order valence-corrected chi connectivity index (χ3v) is 6.53. The van der Waals surface area contributed by atoms with Crippen molar-refractivity contribution in [2.24, 2.45) is 15.9 Å². The van der Waals surface area contributed by atoms with Gasteiger partial charge in [-0.1, -0.05) is 58.0 Å². The number of hydrogen-bond acceptors (Lipinski definition) is 4. The molecular weight excluding hydrogens is 462 g/mol. The summed E-state index contributed by atoms with van der Waals surface area (Å²) in [6.07, 6.45) is 3.30. The Morgan fingerprint density at radius 2 is 1.79 bits per heavy atom. The molecule has 154 valence electrons. The summed E-state index contributed by atoms with van der Waals surface area (Å²) in [4.78, 5) is 13.5. The lowest BCUT2D eigenvalue weighted by molar-refractivity contribution is 0.131. The molecule has 9 heteroatoms. The van der Waals surface area contributed by atoms with Gasteiger partial charge in [0.1, 0.15) is 0 Å². The van der Waals surface area contributed by atoms with Crippen molar-refractivity contribution in [2.45, 2.75) is 42.7 Å². The highest BCUT2D eigenvalue weighted by atomic mass is 35.6. The molecule has 0 aliphatic carbocycles. The third kappa shape index (κ3) is 5.47. The van der Waals surface area contributed by atoms with Gasteiger partial charge in [-0.2, -0.15) is 0 Å². The number of benzene rings is 1. The van der Waals surface area contributed by atoms with E-state index in [4.69, 9.17) is 58.0 Å². The van der Waals surface area contributed by atoms with Crippen LogP contribution in [0.1, 0.15) is 32.3 Å². The number of aliphatic imine (C=N–C) groups is 2. The molecule has 1 fully saturated rings. The Balaban J connectivity index is 1.74. The predicted molar refractivity (Wildman–Crippen MR) is 122 cm³/mol. The number of rotatable bonds is 4. The molecule has 1 aromatic carbocycles. The summed E-state index contributed by atoms with van der Waals surface area (Å²) in [7, 11) is 0. The van der Waals surface area contributed by atoms with Crippen LogP contribution in [0.3, 0.4) is 0 Å². The number of amidine groups is 1. The van der Waals surface area contributed by atoms with Gasteiger partial charge in [0.15, 0.2) is 12.0 Å². The predicted octanol–water partition coefficient (Wildman–Crippen LogP) is 5.90. The van der Waals surface area contributed by atoms with Crippen molar-refractivity contribution in [3.63, 3.8) is 0 Å². The first-order valence-corrected chi connectivity index (χ1v) is 11.2. The van der Waals surface area contributed by atoms with Crippen molar-refractivity contribution >= 4 is 70.2 Å². The Kier molecular flexibility index (Phi) is 7.44. The SMILES string of the molecule is CC(C)N1CCC(CN2C=NC(c3ccc(Cl)c(Cl)c3)=NC2C(Cl)(Cl)Cl)CC1. The molecule has 1 saturated heterocycles. The first-order valence-electron chi connectivity index (χ1n) is 9.29. The molecule has 1 aromatic rings. The molecule has 2 heterocycles. The van der Waals surface area contributed by atoms with Crippen LogP contribution in [0.15, 0.2) is 28.2 Å². The van der Waals surface area contributed by atoms with Crippen LogP contribution in [-0.2, 0) is 0 Å². The van der Waals surface area contributed by atoms with Gasteiger partial charge in [0.05, 0.1) is 16.4 Å². The number of piperidine rings is 1. The zero-order valence-corrected chi connectivity index (χ0v) is 19.5. The molecule has 28 heavy (non-hydrogen) atoms. The highest BCUT2D eigenvalue weighted by Crippen LogP contribution is 2.36. The molecule has 2 aliphatic rings. The van der Waals surface area contributed by atoms with Gasteiger partial charge in [-0.05, 0) is 63.9 Å². The molecule has 0 aromatic heterocycles. The summed E-state index contributed by atoms with van der Waals surface area (Å²) in [5, 5.41) is 0.903. The molecule has 0 bridgehead atoms. The van der Waals surface area contributed by atoms with Crippen LogP contribution in [-0.4, -0.2) is 57.6 Å². The van der Waals surface area contributed by atoms with Crippen LogP contribution in [0.5, 0.6) is 0 Å². The van der Waals surface area contributed by atoms with E-state index in [1.165, 1.54) is 0 Å². The van der Waals surface area contributed by atoms with Crippen LogP contribution >= 0.6 is 58.0 Å². The van der Waals surface area contributed by atoms with E-state index in [9.17, 15) is 0 Å². The zero-order chi connectivity index (χ0) is 20.5. The fraction of sp³-hybridized carbons (Fsp3) is 0.579. The van der Waals surface area contributed by atoms with Crippen molar-refractivity contribution in [1.29, 1.82) is 0 Å². The maximum absolute atomic E-state index is 6.26. The Bertz CT molecular complexity index is 751. The van der Waals surface area contributed by atoms with Gasteiger partial charge in [0, 0.05) is 18.2 Å². The van der Waals surface area contributed by atoms with Gasteiger partial charge < -0.3 is 9.80 Å². The zero-order valence-electron chi connectivity index (χ0n) is 15.8. The van der Waals surface area contributed by atoms with Crippen molar-refractivity contribution in [3.05, 3.63) is 33.8 Å². The molecule has 0 N–H and O–H groups in total. The van der Waals surface area contributed by atoms with E-state index in [0.29, 0.717) is 27.8 Å². The molecule has 0 saturated carbocycles. The van der Waals surface area contributed by atoms with Gasteiger partial charge in [0.25, 0.3) is 0 Å². The highest BCUT2D eigenvalue weighted by molar-refractivity contribution is 6.68. The van der Waals surface area contributed by atoms with E-state index in [1.54, 1.807) is 24.5 Å². The van der Waals surface area contributed by atoms with E-state index in [0.717, 1.165) is 38.0 Å². The van der Waals surface area contributed by atoms with E-state index < -0.39 is 9.96 Å². The lowest BCUT2D eigenvalue weighted by atomic mass is 9.95. The van der Waals surface area contributed by atoms with E-state index >= 15 is 0 Å². The van der Waals surface area contributed by atoms with Crippen LogP contribution in [0.4, 0.5) is 0 Å². The van der Waals surface area contributed by atoms with Gasteiger partial charge in [-0.3, -0.25) is 0 Å². The third-order valence-electron chi connectivity index (χ3n) is 5.21. The Morgan fingerprint density at radius 1 is 1.11 bits per heavy atom. The first kappa shape index (κ1) is 22.5. The average Bonchev–Trinajstić information content (AvgIpc) is 2.64. The number of alkyl halides is 3. The Labute approximate surface area is 191 Å². The second kappa shape index (κ2) is 9.28. The van der Waals surface area contributed by atoms with Gasteiger partial charge in [-0.25, -0.2) is 9.98 Å². The van der Waals surface area contributed by atoms with Gasteiger partial charge in [-0.15, -0.1) is 0 Å². The van der Waals surface area contributed by atoms with Crippen LogP contribution in [0, 0.1) is 5.92 Å². The normalized spacial score (nSPS) is 22.1. The lowest BCUT2D eigenvalue weighted by Gasteiger charge is -2.39. The molecule has 4 nitrogen and oxygen atoms in total. The van der Waals surface area contributed by atoms with E-state index in [1.807, 2.05) is 4.90 Å². The maximum atomic E-state index is 6.26. The van der Waals surface area contributed by atoms with Crippen LogP contribution in [0.25, 0.3) is 0 Å². The van der Waals surface area contributed by atoms with E-state index in [-0.39, 0.29) is 0 Å². The summed E-state index contributed by atoms with van der Waals surface area (Å²) >= 11 is 30.9. The van der Waals surface area contributed by atoms with Crippen molar-refractivity contribution < 1.29 is 0 Å². The minimum Gasteiger partial charge on any atom is -0.337 e. The lowest BCUT2D eigenvalue weighted by Crippen LogP contribution is -2.48. The summed E-state index contributed by atoms with van der Waals surface area (Å²) in [5.74, 6) is 0.985. The quantitative estimate of drug-likeness (QED) is 0.498. The van der Waals surface area contributed by atoms with E-state index in [2.05, 4.69) is 28.7 Å². The molecule has 1 unspecified atom stereocenters. The molecule has 1 atom stereocenters. The minimum absolute atomic E-state index is 0.432. The molecule has 0 radical (unpaired) electrons. The minimum atomic E-state index is -1.58. The summed E-state index contributed by atoms with van der Waals surface area (Å²) in [6.45, 7) is 7.39. The summed E-state index contributed by atoms with van der Waals surface area (Å²) in [6, 6.07) is 5.80. The number of likely N-dealkylation sites (tertiary alicyclic amines) is 1. The highest BCUT2D eigenvalue weighted by Gasteiger charge is 2.39. The molecule has 2 aliphatic heterocycles. The molecule has 3 rings (SSSR count). The van der Waals surface area contributed by atoms with Gasteiger partial charge in [0.2, 0.25) is 3.79 Å². The van der Waals surface area contributed by atoms with Crippen molar-refractivity contribution in [1.82, 2.24) is 9.80 Å². The fourth-order valence-corrected chi connectivity index (χ4v) is 4.38. The second-order valence-electron chi connectivity index (χ2n) is 7.51. The smallest absolute Gasteiger partial charge is 0.230 e. The van der Waals surface area contributed by atoms with Gasteiger partial charge >= 0.3 is 0 Å². The Morgan fingerprint density at radius 3 is 2.36 bits per heavy atom. The summed E-state index contributed by atoms with van der Waals surface area (Å²) in [5.41, 5.74) is 0.731. The number of hydrogen-bond donors (Lipinski definition) is 0. The second-order valence-corrected chi connectivity index (χ2v) is 10.7. The standard InChI is InChI=1S/C19H23Cl5N4/c1-12(2)27-7-5-13(6-8-27)10-28-11-25-17(26-18(28)19(22,23)24)14-3-4-15(20)16(21)9-14/h3-4,9,11-13,18H,5-8,10H2,1-2H3. The summed E-state index contributed by atoms with van der Waals surface area (Å²) < 4.78 is -1.58. The fourth-order valence-electron chi connectivity index (χ4n) is 3.56. The van der Waals surface area contributed by atoms with Crippen LogP contribution < -0.4 is 0 Å². The van der Waals surface area contributed by atoms with Crippen molar-refractivity contribution in [3.8, 4) is 0 Å². The maximum Gasteiger partial charge on any atom is 0.230 e. The van der Waals surface area contributed by atoms with Crippen molar-refractivity contribution in [2.75, 3.05) is 19.6 Å². The monoisotopic (exact) mass is 482 g/mol. The average molecular weight is 485 g/mol. The molecule has 0 spiro atoms. The molecule has 0 amide bonds. The van der Waals surface area contributed by atoms with Crippen LogP contribution in [0.2, 0.25) is 10.0 Å². The number of nitrogens with zero attached hydrogens (tertiary/aromatic N) is 4. The Hall–Kier alpha value is -0.230.